The maximum absolute atomic E-state index is 15.0. The van der Waals surface area contributed by atoms with E-state index in [-0.39, 0.29) is 30.3 Å². The molecule has 276 valence electrons. The summed E-state index contributed by atoms with van der Waals surface area (Å²) in [4.78, 5) is 37.0. The molecule has 1 heterocycles. The molecule has 0 saturated heterocycles. The number of nitrogens with one attached hydrogen (secondary N) is 1. The number of hydrogen-bond acceptors (Lipinski definition) is 10. The Bertz CT molecular complexity index is 1400. The molecule has 0 aromatic heterocycles. The molecular formula is C35H48F2N4O8S. The number of aldehydes is 1. The van der Waals surface area contributed by atoms with Gasteiger partial charge in [0.2, 0.25) is 0 Å². The normalized spacial score (nSPS) is 15.9. The predicted molar refractivity (Wildman–Crippen MR) is 186 cm³/mol. The second-order valence-electron chi connectivity index (χ2n) is 12.2. The van der Waals surface area contributed by atoms with Crippen LogP contribution in [-0.2, 0) is 33.3 Å². The molecule has 12 nitrogen and oxygen atoms in total. The van der Waals surface area contributed by atoms with Gasteiger partial charge < -0.3 is 38.7 Å². The smallest absolute Gasteiger partial charge is 0.407 e. The quantitative estimate of drug-likeness (QED) is 0.131. The number of halogens is 2. The Hall–Kier alpha value is -3.63. The zero-order valence-corrected chi connectivity index (χ0v) is 30.0. The number of benzene rings is 2. The van der Waals surface area contributed by atoms with Gasteiger partial charge in [-0.2, -0.15) is 10.1 Å². The third-order valence-electron chi connectivity index (χ3n) is 7.12. The number of carbonyl (C=O) groups is 3. The summed E-state index contributed by atoms with van der Waals surface area (Å²) in [5.41, 5.74) is 0.00261. The van der Waals surface area contributed by atoms with Crippen molar-refractivity contribution in [1.82, 2.24) is 15.2 Å². The summed E-state index contributed by atoms with van der Waals surface area (Å²) < 4.78 is 56.5. The Morgan fingerprint density at radius 1 is 0.940 bits per heavy atom. The number of hydrazone groups is 1. The maximum atomic E-state index is 15.0. The number of alkyl carbamates (subject to hydrolysis) is 1. The number of hydrogen-bond donors (Lipinski definition) is 1. The van der Waals surface area contributed by atoms with Gasteiger partial charge in [0.25, 0.3) is 0 Å². The molecule has 0 saturated carbocycles. The van der Waals surface area contributed by atoms with E-state index in [0.29, 0.717) is 65.5 Å². The first-order valence-corrected chi connectivity index (χ1v) is 17.3. The Morgan fingerprint density at radius 2 is 1.56 bits per heavy atom. The number of ether oxygens (including phenoxy) is 5. The fourth-order valence-corrected chi connectivity index (χ4v) is 6.14. The van der Waals surface area contributed by atoms with E-state index < -0.39 is 34.2 Å². The maximum Gasteiger partial charge on any atom is 0.407 e. The van der Waals surface area contributed by atoms with Gasteiger partial charge in [0.15, 0.2) is 0 Å². The molecule has 15 heteroatoms. The molecule has 0 aliphatic carbocycles. The number of carbonyl (C=O) groups excluding carboxylic acids is 3. The monoisotopic (exact) mass is 722 g/mol. The molecule has 1 aliphatic rings. The van der Waals surface area contributed by atoms with Gasteiger partial charge in [-0.1, -0.05) is 42.1 Å². The van der Waals surface area contributed by atoms with Crippen LogP contribution in [0, 0.1) is 11.6 Å². The van der Waals surface area contributed by atoms with Crippen molar-refractivity contribution in [1.29, 1.82) is 0 Å². The summed E-state index contributed by atoms with van der Waals surface area (Å²) in [5.74, 6) is -1.31. The minimum absolute atomic E-state index is 0.0585. The number of rotatable bonds is 21. The van der Waals surface area contributed by atoms with Crippen molar-refractivity contribution in [2.75, 3.05) is 73.0 Å². The second kappa shape index (κ2) is 20.9. The van der Waals surface area contributed by atoms with Crippen LogP contribution in [0.3, 0.4) is 0 Å². The molecule has 3 rings (SSSR count). The highest BCUT2D eigenvalue weighted by Crippen LogP contribution is 2.51. The summed E-state index contributed by atoms with van der Waals surface area (Å²) >= 11 is 1.16. The van der Waals surface area contributed by atoms with Crippen LogP contribution in [0.5, 0.6) is 0 Å². The highest BCUT2D eigenvalue weighted by molar-refractivity contribution is 8.15. The van der Waals surface area contributed by atoms with Gasteiger partial charge in [-0.25, -0.2) is 18.4 Å². The topological polar surface area (TPSA) is 128 Å². The highest BCUT2D eigenvalue weighted by atomic mass is 32.2. The lowest BCUT2D eigenvalue weighted by molar-refractivity contribution is -0.109. The minimum atomic E-state index is -1.14. The average Bonchev–Trinajstić information content (AvgIpc) is 3.47. The molecule has 1 atom stereocenters. The number of nitrogens with zero attached hydrogens (tertiary/aromatic N) is 3. The molecule has 0 radical (unpaired) electrons. The van der Waals surface area contributed by atoms with E-state index in [2.05, 4.69) is 10.4 Å². The van der Waals surface area contributed by atoms with E-state index in [1.165, 1.54) is 9.91 Å². The molecule has 1 unspecified atom stereocenters. The van der Waals surface area contributed by atoms with Crippen molar-refractivity contribution in [3.05, 3.63) is 71.3 Å². The number of likely N-dealkylation sites (N-methyl/N-ethyl adjacent to an activating group) is 1. The van der Waals surface area contributed by atoms with Crippen LogP contribution in [0.25, 0.3) is 0 Å². The van der Waals surface area contributed by atoms with E-state index >= 15 is 4.39 Å². The lowest BCUT2D eigenvalue weighted by Gasteiger charge is -2.37. The summed E-state index contributed by atoms with van der Waals surface area (Å²) in [6.07, 6.45) is 1.32. The largest absolute Gasteiger partial charge is 0.444 e. The van der Waals surface area contributed by atoms with Gasteiger partial charge in [0.1, 0.15) is 33.4 Å². The van der Waals surface area contributed by atoms with E-state index in [0.717, 1.165) is 41.8 Å². The van der Waals surface area contributed by atoms with Gasteiger partial charge in [0.05, 0.1) is 52.9 Å². The third-order valence-corrected chi connectivity index (χ3v) is 8.56. The SMILES string of the molecule is CN(CCOCCOCCOCCOCCC=O)C(=O)N1N=C(c2cc(F)ccc2F)SC1(CCCNC(=O)OC(C)(C)C)c1ccccc1. The molecule has 0 bridgehead atoms. The first-order valence-electron chi connectivity index (χ1n) is 16.5. The van der Waals surface area contributed by atoms with Crippen LogP contribution in [0.1, 0.15) is 51.2 Å². The second-order valence-corrected chi connectivity index (χ2v) is 13.5. The molecule has 0 spiro atoms. The average molecular weight is 723 g/mol. The van der Waals surface area contributed by atoms with E-state index in [9.17, 15) is 18.8 Å². The summed E-state index contributed by atoms with van der Waals surface area (Å²) in [6.45, 7) is 8.59. The molecule has 2 aromatic carbocycles. The molecule has 1 aliphatic heterocycles. The Balaban J connectivity index is 1.64. The van der Waals surface area contributed by atoms with Crippen LogP contribution in [-0.4, -0.2) is 112 Å². The van der Waals surface area contributed by atoms with E-state index in [4.69, 9.17) is 23.7 Å². The van der Waals surface area contributed by atoms with Crippen molar-refractivity contribution in [3.63, 3.8) is 0 Å². The van der Waals surface area contributed by atoms with Crippen molar-refractivity contribution in [2.24, 2.45) is 5.10 Å². The summed E-state index contributed by atoms with van der Waals surface area (Å²) in [6, 6.07) is 11.9. The van der Waals surface area contributed by atoms with Crippen LogP contribution < -0.4 is 5.32 Å². The molecular weight excluding hydrogens is 674 g/mol. The fourth-order valence-electron chi connectivity index (χ4n) is 4.73. The Kier molecular flexibility index (Phi) is 17.1. The summed E-state index contributed by atoms with van der Waals surface area (Å²) in [7, 11) is 1.61. The molecule has 50 heavy (non-hydrogen) atoms. The predicted octanol–water partition coefficient (Wildman–Crippen LogP) is 5.54. The molecule has 1 N–H and O–H groups in total. The molecule has 0 fully saturated rings. The number of urea groups is 1. The van der Waals surface area contributed by atoms with Crippen molar-refractivity contribution in [3.8, 4) is 0 Å². The first kappa shape index (κ1) is 40.8. The first-order chi connectivity index (χ1) is 24.0. The van der Waals surface area contributed by atoms with Gasteiger partial charge in [-0.05, 0) is 57.4 Å². The van der Waals surface area contributed by atoms with Gasteiger partial charge in [0, 0.05) is 32.1 Å². The van der Waals surface area contributed by atoms with Crippen LogP contribution >= 0.6 is 11.8 Å². The van der Waals surface area contributed by atoms with Gasteiger partial charge in [-0.3, -0.25) is 0 Å². The van der Waals surface area contributed by atoms with Crippen molar-refractivity contribution in [2.45, 2.75) is 50.5 Å². The lowest BCUT2D eigenvalue weighted by Crippen LogP contribution is -2.48. The Morgan fingerprint density at radius 3 is 2.18 bits per heavy atom. The van der Waals surface area contributed by atoms with Gasteiger partial charge >= 0.3 is 12.1 Å². The van der Waals surface area contributed by atoms with E-state index in [1.54, 1.807) is 27.8 Å². The minimum Gasteiger partial charge on any atom is -0.444 e. The standard InChI is InChI=1S/C35H48F2N4O8S/c1-34(2,3)49-32(43)38-15-8-14-35(27-10-6-5-7-11-27)41(39-31(50-35)29-26-28(36)12-13-30(29)37)33(44)40(4)16-19-46-21-23-48-25-24-47-22-20-45-18-9-17-42/h5-7,10-13,17,26H,8-9,14-16,18-25H2,1-4H3,(H,38,43). The Labute approximate surface area is 296 Å². The highest BCUT2D eigenvalue weighted by Gasteiger charge is 2.49. The fraction of sp³-hybridized carbons (Fsp3) is 0.543. The van der Waals surface area contributed by atoms with Gasteiger partial charge in [-0.15, -0.1) is 0 Å². The van der Waals surface area contributed by atoms with Crippen molar-refractivity contribution < 1.29 is 46.8 Å². The lowest BCUT2D eigenvalue weighted by atomic mass is 10.0. The molecule has 3 amide bonds. The number of thioether (sulfide) groups is 1. The molecule has 2 aromatic rings. The summed E-state index contributed by atoms with van der Waals surface area (Å²) in [5, 5.41) is 8.81. The van der Waals surface area contributed by atoms with Crippen LogP contribution in [0.2, 0.25) is 0 Å². The van der Waals surface area contributed by atoms with Crippen molar-refractivity contribution >= 4 is 35.2 Å². The van der Waals surface area contributed by atoms with E-state index in [1.807, 2.05) is 30.3 Å². The van der Waals surface area contributed by atoms with Crippen LogP contribution in [0.15, 0.2) is 53.6 Å². The zero-order chi connectivity index (χ0) is 36.4. The third kappa shape index (κ3) is 13.2. The number of amides is 3. The van der Waals surface area contributed by atoms with Crippen LogP contribution in [0.4, 0.5) is 18.4 Å². The zero-order valence-electron chi connectivity index (χ0n) is 29.2.